The second kappa shape index (κ2) is 10.3. The fourth-order valence-corrected chi connectivity index (χ4v) is 3.73. The number of halogens is 2. The van der Waals surface area contributed by atoms with Crippen LogP contribution in [0.1, 0.15) is 58.1 Å². The van der Waals surface area contributed by atoms with E-state index in [1.165, 1.54) is 36.6 Å². The van der Waals surface area contributed by atoms with Crippen molar-refractivity contribution in [2.24, 2.45) is 5.41 Å². The van der Waals surface area contributed by atoms with E-state index in [9.17, 15) is 0 Å². The predicted octanol–water partition coefficient (Wildman–Crippen LogP) is 0.655. The zero-order chi connectivity index (χ0) is 18.9. The minimum atomic E-state index is 0. The van der Waals surface area contributed by atoms with Gasteiger partial charge in [-0.1, -0.05) is 68.3 Å². The molecular formula is C25H27Cl2Zr-. The molecule has 0 saturated heterocycles. The summed E-state index contributed by atoms with van der Waals surface area (Å²) in [6.07, 6.45) is 5.89. The summed E-state index contributed by atoms with van der Waals surface area (Å²) in [5.74, 6) is 0.378. The molecule has 0 saturated carbocycles. The van der Waals surface area contributed by atoms with Gasteiger partial charge in [-0.3, -0.25) is 0 Å². The van der Waals surface area contributed by atoms with E-state index in [2.05, 4.69) is 89.2 Å². The quantitative estimate of drug-likeness (QED) is 0.517. The summed E-state index contributed by atoms with van der Waals surface area (Å²) in [6.45, 7) is 11.1. The van der Waals surface area contributed by atoms with Gasteiger partial charge in [0.25, 0.3) is 0 Å². The van der Waals surface area contributed by atoms with E-state index in [1.54, 1.807) is 24.2 Å². The molecule has 0 amide bonds. The Morgan fingerprint density at radius 1 is 1.00 bits per heavy atom. The summed E-state index contributed by atoms with van der Waals surface area (Å²) in [4.78, 5) is 0. The van der Waals surface area contributed by atoms with E-state index in [1.807, 2.05) is 6.07 Å². The van der Waals surface area contributed by atoms with Crippen LogP contribution in [-0.2, 0) is 24.2 Å². The Labute approximate surface area is 197 Å². The molecule has 1 atom stereocenters. The Hall–Kier alpha value is -0.747. The molecule has 0 nitrogen and oxygen atoms in total. The second-order valence-electron chi connectivity index (χ2n) is 8.35. The minimum Gasteiger partial charge on any atom is -1.00 e. The van der Waals surface area contributed by atoms with Crippen LogP contribution in [0.5, 0.6) is 0 Å². The molecule has 0 heterocycles. The van der Waals surface area contributed by atoms with Crippen molar-refractivity contribution in [2.45, 2.75) is 47.0 Å². The SMILES string of the molecule is CC(C)(C)C1=CCC(C2c3[c-]cccc3-c3ccccc32)=C1.C[C](C)=[Zr+2].[Cl-].[Cl-]. The predicted molar refractivity (Wildman–Crippen MR) is 109 cm³/mol. The zero-order valence-corrected chi connectivity index (χ0v) is 21.2. The maximum Gasteiger partial charge on any atom is -1.00 e. The zero-order valence-electron chi connectivity index (χ0n) is 17.2. The van der Waals surface area contributed by atoms with Crippen molar-refractivity contribution in [1.29, 1.82) is 0 Å². The van der Waals surface area contributed by atoms with Gasteiger partial charge < -0.3 is 24.8 Å². The van der Waals surface area contributed by atoms with Gasteiger partial charge >= 0.3 is 41.3 Å². The summed E-state index contributed by atoms with van der Waals surface area (Å²) >= 11 is 1.55. The van der Waals surface area contributed by atoms with Crippen molar-refractivity contribution < 1.29 is 49.0 Å². The molecule has 4 rings (SSSR count). The molecule has 0 fully saturated rings. The summed E-state index contributed by atoms with van der Waals surface area (Å²) in [7, 11) is 0. The third-order valence-corrected chi connectivity index (χ3v) is 4.87. The smallest absolute Gasteiger partial charge is 1.00 e. The Balaban J connectivity index is 0.000000601. The van der Waals surface area contributed by atoms with Gasteiger partial charge in [-0.25, -0.2) is 0 Å². The first-order valence-corrected chi connectivity index (χ1v) is 10.5. The fourth-order valence-electron chi connectivity index (χ4n) is 3.73. The Bertz CT molecular complexity index is 851. The molecule has 0 N–H and O–H groups in total. The van der Waals surface area contributed by atoms with E-state index < -0.39 is 0 Å². The number of hydrogen-bond acceptors (Lipinski definition) is 0. The molecule has 0 spiro atoms. The molecule has 2 aromatic carbocycles. The van der Waals surface area contributed by atoms with Crippen molar-refractivity contribution in [3.63, 3.8) is 0 Å². The molecule has 28 heavy (non-hydrogen) atoms. The van der Waals surface area contributed by atoms with Crippen LogP contribution in [0.4, 0.5) is 0 Å². The van der Waals surface area contributed by atoms with Gasteiger partial charge in [0.1, 0.15) is 0 Å². The van der Waals surface area contributed by atoms with Crippen LogP contribution in [0.2, 0.25) is 0 Å². The average Bonchev–Trinajstić information content (AvgIpc) is 3.16. The van der Waals surface area contributed by atoms with Gasteiger partial charge in [0.2, 0.25) is 0 Å². The van der Waals surface area contributed by atoms with Crippen molar-refractivity contribution >= 4 is 3.21 Å². The molecule has 0 radical (unpaired) electrons. The number of hydrogen-bond donors (Lipinski definition) is 0. The second-order valence-corrected chi connectivity index (χ2v) is 10.8. The van der Waals surface area contributed by atoms with Crippen LogP contribution in [0.3, 0.4) is 0 Å². The van der Waals surface area contributed by atoms with Crippen LogP contribution in [0.25, 0.3) is 11.1 Å². The molecule has 0 aliphatic heterocycles. The van der Waals surface area contributed by atoms with Crippen molar-refractivity contribution in [3.8, 4) is 11.1 Å². The number of fused-ring (bicyclic) bond motifs is 3. The third kappa shape index (κ3) is 5.44. The van der Waals surface area contributed by atoms with Gasteiger partial charge in [0.05, 0.1) is 0 Å². The molecule has 2 aliphatic rings. The van der Waals surface area contributed by atoms with Crippen LogP contribution >= 0.6 is 0 Å². The maximum absolute atomic E-state index is 3.51. The standard InChI is InChI=1S/C22H21.C3H6.2ClH.Zr/c1-22(2,3)16-13-12-15(14-16)21-19-10-6-4-8-17(19)18-9-5-7-11-20(18)21;1-3-2;;;/h4-10,13-14,21H,12H2,1-3H3;1-2H3;2*1H;/q-1;;;;+2/p-2. The summed E-state index contributed by atoms with van der Waals surface area (Å²) < 4.78 is 1.51. The first-order valence-electron chi connectivity index (χ1n) is 9.32. The maximum atomic E-state index is 3.51. The average molecular weight is 490 g/mol. The molecule has 0 aromatic heterocycles. The largest absolute Gasteiger partial charge is 1.00 e. The van der Waals surface area contributed by atoms with E-state index in [0.29, 0.717) is 5.92 Å². The third-order valence-electron chi connectivity index (χ3n) is 4.87. The first kappa shape index (κ1) is 25.3. The van der Waals surface area contributed by atoms with Crippen molar-refractivity contribution in [1.82, 2.24) is 0 Å². The molecular weight excluding hydrogens is 462 g/mol. The topological polar surface area (TPSA) is 0 Å². The Morgan fingerprint density at radius 3 is 2.21 bits per heavy atom. The molecule has 2 aromatic rings. The minimum absolute atomic E-state index is 0. The number of benzene rings is 2. The normalized spacial score (nSPS) is 16.3. The van der Waals surface area contributed by atoms with Gasteiger partial charge in [-0.15, -0.1) is 11.1 Å². The van der Waals surface area contributed by atoms with Gasteiger partial charge in [-0.2, -0.15) is 24.3 Å². The number of allylic oxidation sites excluding steroid dienone is 4. The van der Waals surface area contributed by atoms with Gasteiger partial charge in [-0.05, 0) is 23.0 Å². The molecule has 2 aliphatic carbocycles. The molecule has 1 unspecified atom stereocenters. The Morgan fingerprint density at radius 2 is 1.61 bits per heavy atom. The molecule has 0 bridgehead atoms. The van der Waals surface area contributed by atoms with Crippen molar-refractivity contribution in [3.05, 3.63) is 83.0 Å². The molecule has 3 heteroatoms. The Kier molecular flexibility index (Phi) is 9.33. The van der Waals surface area contributed by atoms with Gasteiger partial charge in [0, 0.05) is 5.92 Å². The monoisotopic (exact) mass is 487 g/mol. The van der Waals surface area contributed by atoms with Gasteiger partial charge in [0.15, 0.2) is 0 Å². The summed E-state index contributed by atoms with van der Waals surface area (Å²) in [5, 5.41) is 0. The fraction of sp³-hybridized carbons (Fsp3) is 0.320. The van der Waals surface area contributed by atoms with E-state index in [4.69, 9.17) is 0 Å². The van der Waals surface area contributed by atoms with E-state index in [-0.39, 0.29) is 30.2 Å². The number of rotatable bonds is 1. The van der Waals surface area contributed by atoms with Crippen LogP contribution in [-0.4, -0.2) is 3.21 Å². The molecule has 146 valence electrons. The van der Waals surface area contributed by atoms with Crippen molar-refractivity contribution in [2.75, 3.05) is 0 Å². The van der Waals surface area contributed by atoms with E-state index in [0.717, 1.165) is 6.42 Å². The van der Waals surface area contributed by atoms with Crippen LogP contribution in [0, 0.1) is 11.5 Å². The van der Waals surface area contributed by atoms with Crippen LogP contribution < -0.4 is 24.8 Å². The van der Waals surface area contributed by atoms with E-state index >= 15 is 0 Å². The summed E-state index contributed by atoms with van der Waals surface area (Å²) in [6, 6.07) is 18.7. The summed E-state index contributed by atoms with van der Waals surface area (Å²) in [5.41, 5.74) is 8.72. The first-order chi connectivity index (χ1) is 12.3. The van der Waals surface area contributed by atoms with Crippen LogP contribution in [0.15, 0.2) is 65.8 Å².